The number of nitrogens with zero attached hydrogens (tertiary/aromatic N) is 2. The molecule has 0 spiro atoms. The molecule has 8 nitrogen and oxygen atoms in total. The van der Waals surface area contributed by atoms with Gasteiger partial charge in [0.15, 0.2) is 5.75 Å². The molecule has 0 atom stereocenters. The number of sulfonamides is 1. The fraction of sp³-hybridized carbons (Fsp3) is 0.375. The molecule has 92 valence electrons. The lowest BCUT2D eigenvalue weighted by Gasteiger charge is -2.08. The van der Waals surface area contributed by atoms with E-state index in [1.807, 2.05) is 0 Å². The molecule has 0 bridgehead atoms. The maximum absolute atomic E-state index is 11.3. The standard InChI is InChI=1S/C8H9N3O5S/c9-17(14,15)7-6(16-5-1-2-5)3-4-10-8(7)11(12)13/h3-5H,1-2H2,(H2,9,14,15). The second kappa shape index (κ2) is 3.93. The van der Waals surface area contributed by atoms with Crippen LogP contribution in [0, 0.1) is 10.1 Å². The number of nitrogens with two attached hydrogens (primary N) is 1. The third-order valence-corrected chi connectivity index (χ3v) is 3.08. The van der Waals surface area contributed by atoms with Crippen molar-refractivity contribution in [3.63, 3.8) is 0 Å². The van der Waals surface area contributed by atoms with E-state index >= 15 is 0 Å². The van der Waals surface area contributed by atoms with E-state index in [9.17, 15) is 18.5 Å². The van der Waals surface area contributed by atoms with Crippen LogP contribution in [0.4, 0.5) is 5.82 Å². The molecule has 0 aliphatic heterocycles. The molecule has 2 rings (SSSR count). The highest BCUT2D eigenvalue weighted by atomic mass is 32.2. The molecule has 1 aromatic rings. The molecule has 1 fully saturated rings. The monoisotopic (exact) mass is 259 g/mol. The maximum Gasteiger partial charge on any atom is 0.387 e. The van der Waals surface area contributed by atoms with Gasteiger partial charge in [-0.25, -0.2) is 13.6 Å². The molecule has 9 heteroatoms. The van der Waals surface area contributed by atoms with Gasteiger partial charge in [-0.05, 0) is 22.7 Å². The highest BCUT2D eigenvalue weighted by Crippen LogP contribution is 2.34. The Morgan fingerprint density at radius 3 is 2.65 bits per heavy atom. The van der Waals surface area contributed by atoms with Crippen LogP contribution in [-0.4, -0.2) is 24.4 Å². The van der Waals surface area contributed by atoms with E-state index in [1.54, 1.807) is 0 Å². The van der Waals surface area contributed by atoms with Gasteiger partial charge in [-0.1, -0.05) is 0 Å². The largest absolute Gasteiger partial charge is 0.489 e. The first kappa shape index (κ1) is 11.7. The number of primary sulfonamides is 1. The van der Waals surface area contributed by atoms with Gasteiger partial charge in [-0.3, -0.25) is 0 Å². The molecule has 1 aliphatic carbocycles. The average molecular weight is 259 g/mol. The highest BCUT2D eigenvalue weighted by Gasteiger charge is 2.33. The summed E-state index contributed by atoms with van der Waals surface area (Å²) in [5.41, 5.74) is 0. The number of hydrogen-bond donors (Lipinski definition) is 1. The average Bonchev–Trinajstić information content (AvgIpc) is 2.99. The predicted molar refractivity (Wildman–Crippen MR) is 55.9 cm³/mol. The van der Waals surface area contributed by atoms with Gasteiger partial charge in [-0.2, -0.15) is 0 Å². The maximum atomic E-state index is 11.3. The summed E-state index contributed by atoms with van der Waals surface area (Å²) >= 11 is 0. The molecule has 1 heterocycles. The number of rotatable bonds is 4. The van der Waals surface area contributed by atoms with Gasteiger partial charge >= 0.3 is 5.82 Å². The van der Waals surface area contributed by atoms with E-state index in [2.05, 4.69) is 4.98 Å². The van der Waals surface area contributed by atoms with Crippen LogP contribution in [0.5, 0.6) is 5.75 Å². The summed E-state index contributed by atoms with van der Waals surface area (Å²) in [6.45, 7) is 0. The second-order valence-corrected chi connectivity index (χ2v) is 5.08. The molecule has 0 saturated heterocycles. The summed E-state index contributed by atoms with van der Waals surface area (Å²) in [6.07, 6.45) is 2.60. The normalized spacial score (nSPS) is 15.6. The van der Waals surface area contributed by atoms with Crippen LogP contribution in [-0.2, 0) is 10.0 Å². The van der Waals surface area contributed by atoms with Gasteiger partial charge in [-0.15, -0.1) is 0 Å². The zero-order valence-electron chi connectivity index (χ0n) is 8.57. The number of aromatic nitrogens is 1. The molecule has 2 N–H and O–H groups in total. The van der Waals surface area contributed by atoms with Crippen LogP contribution < -0.4 is 9.88 Å². The lowest BCUT2D eigenvalue weighted by Crippen LogP contribution is -2.17. The van der Waals surface area contributed by atoms with Crippen molar-refractivity contribution in [2.45, 2.75) is 23.8 Å². The van der Waals surface area contributed by atoms with E-state index in [4.69, 9.17) is 9.88 Å². The topological polar surface area (TPSA) is 125 Å². The van der Waals surface area contributed by atoms with Crippen molar-refractivity contribution in [3.05, 3.63) is 22.4 Å². The summed E-state index contributed by atoms with van der Waals surface area (Å²) in [6, 6.07) is 1.26. The van der Waals surface area contributed by atoms with Crippen molar-refractivity contribution in [2.75, 3.05) is 0 Å². The summed E-state index contributed by atoms with van der Waals surface area (Å²) in [5, 5.41) is 15.6. The van der Waals surface area contributed by atoms with Gasteiger partial charge < -0.3 is 14.9 Å². The van der Waals surface area contributed by atoms with Crippen LogP contribution in [0.1, 0.15) is 12.8 Å². The number of ether oxygens (including phenoxy) is 1. The Morgan fingerprint density at radius 1 is 1.53 bits per heavy atom. The van der Waals surface area contributed by atoms with Crippen molar-refractivity contribution < 1.29 is 18.1 Å². The predicted octanol–water partition coefficient (Wildman–Crippen LogP) is 0.178. The lowest BCUT2D eigenvalue weighted by atomic mass is 10.4. The Hall–Kier alpha value is -1.74. The fourth-order valence-electron chi connectivity index (χ4n) is 1.28. The molecule has 0 unspecified atom stereocenters. The Kier molecular flexibility index (Phi) is 2.71. The van der Waals surface area contributed by atoms with Crippen LogP contribution in [0.15, 0.2) is 17.2 Å². The molecule has 1 aliphatic rings. The third-order valence-electron chi connectivity index (χ3n) is 2.13. The number of hydrogen-bond acceptors (Lipinski definition) is 6. The highest BCUT2D eigenvalue weighted by molar-refractivity contribution is 7.89. The Morgan fingerprint density at radius 2 is 2.18 bits per heavy atom. The van der Waals surface area contributed by atoms with Crippen LogP contribution >= 0.6 is 0 Å². The van der Waals surface area contributed by atoms with E-state index < -0.39 is 25.7 Å². The van der Waals surface area contributed by atoms with Crippen molar-refractivity contribution in [1.82, 2.24) is 4.98 Å². The second-order valence-electron chi connectivity index (χ2n) is 3.58. The number of pyridine rings is 1. The van der Waals surface area contributed by atoms with E-state index in [1.165, 1.54) is 6.07 Å². The summed E-state index contributed by atoms with van der Waals surface area (Å²) < 4.78 is 27.9. The van der Waals surface area contributed by atoms with Gasteiger partial charge in [0.1, 0.15) is 6.20 Å². The van der Waals surface area contributed by atoms with Gasteiger partial charge in [0.05, 0.1) is 6.10 Å². The summed E-state index contributed by atoms with van der Waals surface area (Å²) in [7, 11) is -4.26. The van der Waals surface area contributed by atoms with Crippen molar-refractivity contribution in [1.29, 1.82) is 0 Å². The molecule has 0 amide bonds. The molecule has 1 aromatic heterocycles. The summed E-state index contributed by atoms with van der Waals surface area (Å²) in [4.78, 5) is 12.5. The molecule has 0 radical (unpaired) electrons. The van der Waals surface area contributed by atoms with E-state index in [-0.39, 0.29) is 11.9 Å². The Labute approximate surface area is 96.6 Å². The zero-order chi connectivity index (χ0) is 12.6. The van der Waals surface area contributed by atoms with Gasteiger partial charge in [0.2, 0.25) is 14.9 Å². The first-order valence-electron chi connectivity index (χ1n) is 4.72. The van der Waals surface area contributed by atoms with Crippen molar-refractivity contribution >= 4 is 15.8 Å². The first-order valence-corrected chi connectivity index (χ1v) is 6.27. The van der Waals surface area contributed by atoms with Crippen LogP contribution in [0.2, 0.25) is 0 Å². The van der Waals surface area contributed by atoms with Crippen molar-refractivity contribution in [3.8, 4) is 5.75 Å². The quantitative estimate of drug-likeness (QED) is 0.607. The third kappa shape index (κ3) is 2.50. The van der Waals surface area contributed by atoms with Crippen LogP contribution in [0.3, 0.4) is 0 Å². The minimum atomic E-state index is -4.26. The Bertz CT molecular complexity index is 567. The summed E-state index contributed by atoms with van der Waals surface area (Å²) in [5.74, 6) is -0.928. The minimum absolute atomic E-state index is 0.0995. The number of nitro groups is 1. The van der Waals surface area contributed by atoms with Crippen LogP contribution in [0.25, 0.3) is 0 Å². The molecular weight excluding hydrogens is 250 g/mol. The van der Waals surface area contributed by atoms with Gasteiger partial charge in [0, 0.05) is 6.07 Å². The Balaban J connectivity index is 2.57. The minimum Gasteiger partial charge on any atom is -0.489 e. The smallest absolute Gasteiger partial charge is 0.387 e. The molecule has 1 saturated carbocycles. The molecular formula is C8H9N3O5S. The van der Waals surface area contributed by atoms with E-state index in [0.29, 0.717) is 0 Å². The van der Waals surface area contributed by atoms with E-state index in [0.717, 1.165) is 19.0 Å². The first-order chi connectivity index (χ1) is 7.89. The zero-order valence-corrected chi connectivity index (χ0v) is 9.38. The lowest BCUT2D eigenvalue weighted by molar-refractivity contribution is -0.392. The molecule has 0 aromatic carbocycles. The SMILES string of the molecule is NS(=O)(=O)c1c(OC2CC2)ccnc1[N+](=O)[O-]. The molecule has 17 heavy (non-hydrogen) atoms. The fourth-order valence-corrected chi connectivity index (χ4v) is 2.05. The van der Waals surface area contributed by atoms with Crippen molar-refractivity contribution in [2.24, 2.45) is 5.14 Å². The van der Waals surface area contributed by atoms with Gasteiger partial charge in [0.25, 0.3) is 0 Å².